The summed E-state index contributed by atoms with van der Waals surface area (Å²) in [5.41, 5.74) is 0.124. The number of carboxylic acid groups (broad SMARTS) is 1. The molecule has 0 amide bonds. The van der Waals surface area contributed by atoms with Crippen molar-refractivity contribution in [1.82, 2.24) is 0 Å². The molecule has 0 saturated carbocycles. The van der Waals surface area contributed by atoms with Gasteiger partial charge in [0.15, 0.2) is 0 Å². The molecule has 6 heteroatoms. The number of carbonyl (C=O) groups is 1. The molecule has 2 rings (SSSR count). The van der Waals surface area contributed by atoms with Gasteiger partial charge < -0.3 is 9.84 Å². The van der Waals surface area contributed by atoms with E-state index in [1.165, 1.54) is 30.3 Å². The summed E-state index contributed by atoms with van der Waals surface area (Å²) in [6.45, 7) is 0.145. The molecule has 1 unspecified atom stereocenters. The molecule has 4 nitrogen and oxygen atoms in total. The summed E-state index contributed by atoms with van der Waals surface area (Å²) in [4.78, 5) is 11.2. The zero-order valence-electron chi connectivity index (χ0n) is 11.0. The van der Waals surface area contributed by atoms with E-state index >= 15 is 0 Å². The van der Waals surface area contributed by atoms with Crippen LogP contribution in [-0.2, 0) is 10.8 Å². The lowest BCUT2D eigenvalue weighted by Gasteiger charge is -2.07. The standard InChI is InChI=1S/C15H13FO4S/c16-12-4-2-6-14(10-12)21(19)8-7-20-13-5-1-3-11(9-13)15(17)18/h1-6,9-10H,7-8H2,(H,17,18). The Morgan fingerprint density at radius 1 is 1.19 bits per heavy atom. The van der Waals surface area contributed by atoms with Crippen molar-refractivity contribution in [2.24, 2.45) is 0 Å². The van der Waals surface area contributed by atoms with E-state index in [0.29, 0.717) is 10.6 Å². The van der Waals surface area contributed by atoms with E-state index in [0.717, 1.165) is 0 Å². The Morgan fingerprint density at radius 3 is 2.67 bits per heavy atom. The summed E-state index contributed by atoms with van der Waals surface area (Å²) >= 11 is 0. The molecule has 0 radical (unpaired) electrons. The Balaban J connectivity index is 1.91. The van der Waals surface area contributed by atoms with Crippen molar-refractivity contribution >= 4 is 16.8 Å². The predicted octanol–water partition coefficient (Wildman–Crippen LogP) is 2.71. The molecule has 0 saturated heterocycles. The van der Waals surface area contributed by atoms with Gasteiger partial charge in [-0.3, -0.25) is 4.21 Å². The summed E-state index contributed by atoms with van der Waals surface area (Å²) in [6, 6.07) is 11.6. The maximum absolute atomic E-state index is 13.0. The second-order valence-corrected chi connectivity index (χ2v) is 5.76. The number of carboxylic acids is 1. The quantitative estimate of drug-likeness (QED) is 0.891. The van der Waals surface area contributed by atoms with Crippen molar-refractivity contribution in [3.8, 4) is 5.75 Å². The lowest BCUT2D eigenvalue weighted by molar-refractivity contribution is 0.0696. The molecule has 0 aliphatic carbocycles. The first-order chi connectivity index (χ1) is 10.1. The molecule has 0 aliphatic heterocycles. The van der Waals surface area contributed by atoms with E-state index in [-0.39, 0.29) is 17.9 Å². The summed E-state index contributed by atoms with van der Waals surface area (Å²) in [7, 11) is -1.36. The fourth-order valence-corrected chi connectivity index (χ4v) is 2.63. The second-order valence-electron chi connectivity index (χ2n) is 4.19. The molecule has 0 bridgehead atoms. The van der Waals surface area contributed by atoms with Crippen LogP contribution >= 0.6 is 0 Å². The normalized spacial score (nSPS) is 11.9. The summed E-state index contributed by atoms with van der Waals surface area (Å²) in [5.74, 6) is -0.883. The summed E-state index contributed by atoms with van der Waals surface area (Å²) in [5, 5.41) is 8.86. The summed E-state index contributed by atoms with van der Waals surface area (Å²) in [6.07, 6.45) is 0. The van der Waals surface area contributed by atoms with Crippen LogP contribution in [0.5, 0.6) is 5.75 Å². The monoisotopic (exact) mass is 308 g/mol. The Labute approximate surface area is 123 Å². The van der Waals surface area contributed by atoms with Crippen molar-refractivity contribution < 1.29 is 23.2 Å². The maximum Gasteiger partial charge on any atom is 0.335 e. The fraction of sp³-hybridized carbons (Fsp3) is 0.133. The van der Waals surface area contributed by atoms with E-state index in [2.05, 4.69) is 0 Å². The minimum absolute atomic E-state index is 0.124. The molecule has 1 atom stereocenters. The highest BCUT2D eigenvalue weighted by molar-refractivity contribution is 7.85. The molecule has 0 aromatic heterocycles. The molecule has 0 fully saturated rings. The molecule has 110 valence electrons. The van der Waals surface area contributed by atoms with Gasteiger partial charge in [0, 0.05) is 4.90 Å². The molecule has 0 aliphatic rings. The van der Waals surface area contributed by atoms with Gasteiger partial charge in [-0.25, -0.2) is 9.18 Å². The van der Waals surface area contributed by atoms with Crippen LogP contribution in [0, 0.1) is 5.82 Å². The van der Waals surface area contributed by atoms with Crippen molar-refractivity contribution in [2.45, 2.75) is 4.90 Å². The molecule has 2 aromatic rings. The van der Waals surface area contributed by atoms with Crippen molar-refractivity contribution in [2.75, 3.05) is 12.4 Å². The van der Waals surface area contributed by atoms with Crippen LogP contribution in [0.4, 0.5) is 4.39 Å². The highest BCUT2D eigenvalue weighted by atomic mass is 32.2. The molecule has 0 spiro atoms. The fourth-order valence-electron chi connectivity index (χ4n) is 1.68. The van der Waals surface area contributed by atoms with Gasteiger partial charge in [0.2, 0.25) is 0 Å². The number of hydrogen-bond donors (Lipinski definition) is 1. The second kappa shape index (κ2) is 6.99. The van der Waals surface area contributed by atoms with Crippen LogP contribution in [0.2, 0.25) is 0 Å². The third-order valence-electron chi connectivity index (χ3n) is 2.68. The SMILES string of the molecule is O=C(O)c1cccc(OCCS(=O)c2cccc(F)c2)c1. The molecular weight excluding hydrogens is 295 g/mol. The van der Waals surface area contributed by atoms with Gasteiger partial charge in [0.05, 0.1) is 22.1 Å². The zero-order valence-corrected chi connectivity index (χ0v) is 11.8. The van der Waals surface area contributed by atoms with Crippen LogP contribution in [0.15, 0.2) is 53.4 Å². The van der Waals surface area contributed by atoms with Gasteiger partial charge in [0.1, 0.15) is 18.2 Å². The van der Waals surface area contributed by atoms with Crippen LogP contribution in [-0.4, -0.2) is 27.6 Å². The minimum atomic E-state index is -1.36. The van der Waals surface area contributed by atoms with Crippen LogP contribution in [0.25, 0.3) is 0 Å². The number of rotatable bonds is 6. The summed E-state index contributed by atoms with van der Waals surface area (Å²) < 4.78 is 30.3. The van der Waals surface area contributed by atoms with Crippen molar-refractivity contribution in [3.05, 3.63) is 59.9 Å². The van der Waals surface area contributed by atoms with Gasteiger partial charge >= 0.3 is 5.97 Å². The molecule has 2 aromatic carbocycles. The zero-order chi connectivity index (χ0) is 15.2. The van der Waals surface area contributed by atoms with E-state index < -0.39 is 22.6 Å². The first-order valence-electron chi connectivity index (χ1n) is 6.16. The topological polar surface area (TPSA) is 63.6 Å². The van der Waals surface area contributed by atoms with E-state index in [1.54, 1.807) is 18.2 Å². The molecular formula is C15H13FO4S. The maximum atomic E-state index is 13.0. The third kappa shape index (κ3) is 4.39. The average molecular weight is 308 g/mol. The Morgan fingerprint density at radius 2 is 1.95 bits per heavy atom. The van der Waals surface area contributed by atoms with Gasteiger partial charge in [-0.05, 0) is 36.4 Å². The van der Waals surface area contributed by atoms with Gasteiger partial charge in [-0.1, -0.05) is 12.1 Å². The Kier molecular flexibility index (Phi) is 5.05. The van der Waals surface area contributed by atoms with Crippen LogP contribution in [0.3, 0.4) is 0 Å². The predicted molar refractivity (Wildman–Crippen MR) is 76.6 cm³/mol. The highest BCUT2D eigenvalue weighted by Gasteiger charge is 2.07. The van der Waals surface area contributed by atoms with E-state index in [1.807, 2.05) is 0 Å². The lowest BCUT2D eigenvalue weighted by atomic mass is 10.2. The van der Waals surface area contributed by atoms with Gasteiger partial charge in [0.25, 0.3) is 0 Å². The molecule has 1 N–H and O–H groups in total. The largest absolute Gasteiger partial charge is 0.493 e. The first kappa shape index (κ1) is 15.2. The van der Waals surface area contributed by atoms with E-state index in [9.17, 15) is 13.4 Å². The molecule has 21 heavy (non-hydrogen) atoms. The van der Waals surface area contributed by atoms with Gasteiger partial charge in [-0.15, -0.1) is 0 Å². The van der Waals surface area contributed by atoms with Crippen molar-refractivity contribution in [1.29, 1.82) is 0 Å². The number of ether oxygens (including phenoxy) is 1. The number of aromatic carboxylic acids is 1. The number of halogens is 1. The average Bonchev–Trinajstić information content (AvgIpc) is 2.47. The number of hydrogen-bond acceptors (Lipinski definition) is 3. The third-order valence-corrected chi connectivity index (χ3v) is 3.99. The Bertz CT molecular complexity index is 672. The van der Waals surface area contributed by atoms with Crippen molar-refractivity contribution in [3.63, 3.8) is 0 Å². The minimum Gasteiger partial charge on any atom is -0.493 e. The Hall–Kier alpha value is -2.21. The smallest absolute Gasteiger partial charge is 0.335 e. The lowest BCUT2D eigenvalue weighted by Crippen LogP contribution is -2.09. The van der Waals surface area contributed by atoms with Gasteiger partial charge in [-0.2, -0.15) is 0 Å². The van der Waals surface area contributed by atoms with Crippen LogP contribution < -0.4 is 4.74 Å². The van der Waals surface area contributed by atoms with Crippen LogP contribution in [0.1, 0.15) is 10.4 Å². The van der Waals surface area contributed by atoms with E-state index in [4.69, 9.17) is 9.84 Å². The highest BCUT2D eigenvalue weighted by Crippen LogP contribution is 2.14. The molecule has 0 heterocycles. The number of benzene rings is 2. The first-order valence-corrected chi connectivity index (χ1v) is 7.48.